The van der Waals surface area contributed by atoms with Gasteiger partial charge in [0.2, 0.25) is 5.95 Å². The number of hydrogen-bond donors (Lipinski definition) is 0. The van der Waals surface area contributed by atoms with Gasteiger partial charge in [-0.1, -0.05) is 6.08 Å². The zero-order valence-corrected chi connectivity index (χ0v) is 11.7. The van der Waals surface area contributed by atoms with Crippen LogP contribution in [-0.2, 0) is 9.53 Å². The number of ether oxygens (including phenoxy) is 1. The number of aromatic nitrogens is 2. The first kappa shape index (κ1) is 14.5. The molecule has 1 aliphatic rings. The van der Waals surface area contributed by atoms with Gasteiger partial charge >= 0.3 is 5.97 Å². The minimum absolute atomic E-state index is 0.244. The Hall–Kier alpha value is -1.95. The second kappa shape index (κ2) is 7.59. The molecule has 0 aliphatic carbocycles. The standard InChI is InChI=1S/C14H20N4O2/c1-13(19)20-12-3-2-7-17-8-10-18(11-9-17)14-15-5-4-6-16-14/h2-6H,7-12H2,1H3/b3-2+. The van der Waals surface area contributed by atoms with E-state index in [0.29, 0.717) is 6.61 Å². The zero-order valence-electron chi connectivity index (χ0n) is 11.7. The summed E-state index contributed by atoms with van der Waals surface area (Å²) in [4.78, 5) is 23.7. The number of carbonyl (C=O) groups excluding carboxylic acids is 1. The van der Waals surface area contributed by atoms with Crippen LogP contribution in [0, 0.1) is 0 Å². The quantitative estimate of drug-likeness (QED) is 0.583. The van der Waals surface area contributed by atoms with Crippen molar-refractivity contribution < 1.29 is 9.53 Å². The smallest absolute Gasteiger partial charge is 0.302 e. The van der Waals surface area contributed by atoms with Crippen molar-refractivity contribution in [2.24, 2.45) is 0 Å². The van der Waals surface area contributed by atoms with Crippen LogP contribution in [0.4, 0.5) is 5.95 Å². The molecule has 1 saturated heterocycles. The summed E-state index contributed by atoms with van der Waals surface area (Å²) in [6.45, 7) is 6.48. The molecule has 6 heteroatoms. The Kier molecular flexibility index (Phi) is 5.49. The van der Waals surface area contributed by atoms with E-state index >= 15 is 0 Å². The summed E-state index contributed by atoms with van der Waals surface area (Å²) >= 11 is 0. The summed E-state index contributed by atoms with van der Waals surface area (Å²) in [6.07, 6.45) is 7.46. The van der Waals surface area contributed by atoms with Crippen LogP contribution in [0.25, 0.3) is 0 Å². The van der Waals surface area contributed by atoms with E-state index in [2.05, 4.69) is 19.8 Å². The van der Waals surface area contributed by atoms with Gasteiger partial charge in [-0.3, -0.25) is 9.69 Å². The van der Waals surface area contributed by atoms with Crippen molar-refractivity contribution in [2.75, 3.05) is 44.2 Å². The lowest BCUT2D eigenvalue weighted by Gasteiger charge is -2.34. The van der Waals surface area contributed by atoms with E-state index in [1.54, 1.807) is 12.4 Å². The first-order valence-corrected chi connectivity index (χ1v) is 6.78. The first-order chi connectivity index (χ1) is 9.75. The highest BCUT2D eigenvalue weighted by atomic mass is 16.5. The molecule has 0 saturated carbocycles. The third kappa shape index (κ3) is 4.62. The van der Waals surface area contributed by atoms with Crippen molar-refractivity contribution in [1.82, 2.24) is 14.9 Å². The Morgan fingerprint density at radius 1 is 1.25 bits per heavy atom. The molecule has 0 unspecified atom stereocenters. The second-order valence-electron chi connectivity index (χ2n) is 4.61. The molecule has 0 spiro atoms. The van der Waals surface area contributed by atoms with Crippen LogP contribution >= 0.6 is 0 Å². The maximum atomic E-state index is 10.6. The maximum absolute atomic E-state index is 10.6. The molecule has 2 heterocycles. The third-order valence-corrected chi connectivity index (χ3v) is 3.12. The van der Waals surface area contributed by atoms with Crippen LogP contribution in [0.5, 0.6) is 0 Å². The Morgan fingerprint density at radius 3 is 2.60 bits per heavy atom. The molecule has 0 N–H and O–H groups in total. The van der Waals surface area contributed by atoms with Crippen molar-refractivity contribution in [2.45, 2.75) is 6.92 Å². The highest BCUT2D eigenvalue weighted by Crippen LogP contribution is 2.09. The molecule has 0 bridgehead atoms. The van der Waals surface area contributed by atoms with Gasteiger partial charge in [0.05, 0.1) is 0 Å². The predicted molar refractivity (Wildman–Crippen MR) is 76.5 cm³/mol. The minimum atomic E-state index is -0.244. The van der Waals surface area contributed by atoms with Crippen molar-refractivity contribution >= 4 is 11.9 Å². The van der Waals surface area contributed by atoms with E-state index in [4.69, 9.17) is 4.74 Å². The topological polar surface area (TPSA) is 58.6 Å². The molecule has 20 heavy (non-hydrogen) atoms. The molecule has 1 aromatic rings. The molecule has 0 atom stereocenters. The highest BCUT2D eigenvalue weighted by Gasteiger charge is 2.17. The van der Waals surface area contributed by atoms with E-state index in [9.17, 15) is 4.79 Å². The summed E-state index contributed by atoms with van der Waals surface area (Å²) < 4.78 is 4.84. The molecular formula is C14H20N4O2. The van der Waals surface area contributed by atoms with Crippen molar-refractivity contribution in [3.63, 3.8) is 0 Å². The highest BCUT2D eigenvalue weighted by molar-refractivity contribution is 5.65. The van der Waals surface area contributed by atoms with Crippen LogP contribution in [0.1, 0.15) is 6.92 Å². The second-order valence-corrected chi connectivity index (χ2v) is 4.61. The monoisotopic (exact) mass is 276 g/mol. The number of esters is 1. The van der Waals surface area contributed by atoms with Crippen molar-refractivity contribution in [1.29, 1.82) is 0 Å². The number of rotatable bonds is 5. The van der Waals surface area contributed by atoms with Crippen LogP contribution in [0.3, 0.4) is 0 Å². The lowest BCUT2D eigenvalue weighted by Crippen LogP contribution is -2.46. The number of carbonyl (C=O) groups is 1. The van der Waals surface area contributed by atoms with Gasteiger partial charge in [-0.25, -0.2) is 9.97 Å². The fraction of sp³-hybridized carbons (Fsp3) is 0.500. The summed E-state index contributed by atoms with van der Waals surface area (Å²) in [6, 6.07) is 1.83. The van der Waals surface area contributed by atoms with Gasteiger partial charge in [0.15, 0.2) is 0 Å². The average molecular weight is 276 g/mol. The zero-order chi connectivity index (χ0) is 14.2. The minimum Gasteiger partial charge on any atom is -0.462 e. The largest absolute Gasteiger partial charge is 0.462 e. The van der Waals surface area contributed by atoms with E-state index in [-0.39, 0.29) is 5.97 Å². The Morgan fingerprint density at radius 2 is 1.95 bits per heavy atom. The molecule has 1 aliphatic heterocycles. The number of piperazine rings is 1. The van der Waals surface area contributed by atoms with Gasteiger partial charge in [-0.05, 0) is 12.1 Å². The van der Waals surface area contributed by atoms with Crippen LogP contribution < -0.4 is 4.90 Å². The number of anilines is 1. The lowest BCUT2D eigenvalue weighted by atomic mass is 10.3. The molecule has 0 radical (unpaired) electrons. The Balaban J connectivity index is 1.68. The van der Waals surface area contributed by atoms with Gasteiger partial charge in [-0.15, -0.1) is 0 Å². The fourth-order valence-electron chi connectivity index (χ4n) is 2.04. The SMILES string of the molecule is CC(=O)OC/C=C/CN1CCN(c2ncccn2)CC1. The molecule has 6 nitrogen and oxygen atoms in total. The summed E-state index contributed by atoms with van der Waals surface area (Å²) in [5.41, 5.74) is 0. The summed E-state index contributed by atoms with van der Waals surface area (Å²) in [7, 11) is 0. The van der Waals surface area contributed by atoms with Crippen LogP contribution in [-0.4, -0.2) is 60.2 Å². The van der Waals surface area contributed by atoms with Gasteiger partial charge in [0, 0.05) is 52.0 Å². The van der Waals surface area contributed by atoms with E-state index in [1.165, 1.54) is 6.92 Å². The maximum Gasteiger partial charge on any atom is 0.302 e. The summed E-state index contributed by atoms with van der Waals surface area (Å²) in [5.74, 6) is 0.559. The molecular weight excluding hydrogens is 256 g/mol. The van der Waals surface area contributed by atoms with Crippen LogP contribution in [0.15, 0.2) is 30.6 Å². The molecule has 2 rings (SSSR count). The average Bonchev–Trinajstić information content (AvgIpc) is 2.48. The van der Waals surface area contributed by atoms with Gasteiger partial charge < -0.3 is 9.64 Å². The lowest BCUT2D eigenvalue weighted by molar-refractivity contribution is -0.139. The molecule has 1 aromatic heterocycles. The predicted octanol–water partition coefficient (Wildman–Crippen LogP) is 0.718. The normalized spacial score (nSPS) is 16.6. The van der Waals surface area contributed by atoms with Crippen molar-refractivity contribution in [3.8, 4) is 0 Å². The third-order valence-electron chi connectivity index (χ3n) is 3.12. The fourth-order valence-corrected chi connectivity index (χ4v) is 2.04. The van der Waals surface area contributed by atoms with Crippen LogP contribution in [0.2, 0.25) is 0 Å². The molecule has 108 valence electrons. The Labute approximate surface area is 119 Å². The summed E-state index contributed by atoms with van der Waals surface area (Å²) in [5, 5.41) is 0. The van der Waals surface area contributed by atoms with Gasteiger partial charge in [-0.2, -0.15) is 0 Å². The number of nitrogens with zero attached hydrogens (tertiary/aromatic N) is 4. The molecule has 0 aromatic carbocycles. The van der Waals surface area contributed by atoms with Crippen molar-refractivity contribution in [3.05, 3.63) is 30.6 Å². The number of hydrogen-bond acceptors (Lipinski definition) is 6. The molecule has 0 amide bonds. The van der Waals surface area contributed by atoms with E-state index in [0.717, 1.165) is 38.7 Å². The molecule has 1 fully saturated rings. The van der Waals surface area contributed by atoms with E-state index in [1.807, 2.05) is 18.2 Å². The Bertz CT molecular complexity index is 442. The van der Waals surface area contributed by atoms with Gasteiger partial charge in [0.25, 0.3) is 0 Å². The van der Waals surface area contributed by atoms with Gasteiger partial charge in [0.1, 0.15) is 6.61 Å². The first-order valence-electron chi connectivity index (χ1n) is 6.78. The van der Waals surface area contributed by atoms with E-state index < -0.39 is 0 Å².